The maximum Gasteiger partial charge on any atom is 0.254 e. The molecule has 2 aliphatic carbocycles. The first-order chi connectivity index (χ1) is 24.7. The van der Waals surface area contributed by atoms with Gasteiger partial charge in [0.05, 0.1) is 44.7 Å². The first-order valence-corrected chi connectivity index (χ1v) is 18.5. The Morgan fingerprint density at radius 3 is 2.51 bits per heavy atom. The van der Waals surface area contributed by atoms with Crippen LogP contribution >= 0.6 is 11.8 Å². The molecule has 2 fully saturated rings. The van der Waals surface area contributed by atoms with Crippen LogP contribution in [0, 0.1) is 6.92 Å². The zero-order valence-electron chi connectivity index (χ0n) is 29.0. The molecule has 3 aromatic rings. The van der Waals surface area contributed by atoms with Gasteiger partial charge in [0, 0.05) is 41.5 Å². The molecule has 2 aliphatic rings. The summed E-state index contributed by atoms with van der Waals surface area (Å²) in [5.41, 5.74) is 4.96. The summed E-state index contributed by atoms with van der Waals surface area (Å²) in [5.74, 6) is 0.682. The highest BCUT2D eigenvalue weighted by Gasteiger charge is 2.48. The topological polar surface area (TPSA) is 182 Å². The first-order valence-electron chi connectivity index (χ1n) is 17.5. The van der Waals surface area contributed by atoms with Crippen LogP contribution in [0.1, 0.15) is 48.8 Å². The number of aromatic nitrogens is 1. The van der Waals surface area contributed by atoms with Gasteiger partial charge in [0.15, 0.2) is 6.10 Å². The maximum absolute atomic E-state index is 13.1. The highest BCUT2D eigenvalue weighted by Crippen LogP contribution is 2.53. The predicted octanol–water partition coefficient (Wildman–Crippen LogP) is 2.56. The summed E-state index contributed by atoms with van der Waals surface area (Å²) < 4.78 is 18.3. The third kappa shape index (κ3) is 10.5. The van der Waals surface area contributed by atoms with Gasteiger partial charge in [0.2, 0.25) is 0 Å². The normalized spacial score (nSPS) is 17.4. The monoisotopic (exact) mass is 726 g/mol. The van der Waals surface area contributed by atoms with E-state index in [0.29, 0.717) is 18.8 Å². The fraction of sp³-hybridized carbons (Fsp3) is 0.526. The predicted molar refractivity (Wildman–Crippen MR) is 191 cm³/mol. The lowest BCUT2D eigenvalue weighted by molar-refractivity contribution is -0.159. The Balaban J connectivity index is 1.19. The SMILES string of the molecule is Cc1ccc(SCCCN(CCOCCO)C(=O)C(O)C(O)C(O)C(O)CO)cc1COC1(c2cnccc2-c2ccccc2OC2CC2)CC1. The van der Waals surface area contributed by atoms with Crippen molar-refractivity contribution in [2.45, 2.75) is 86.7 Å². The van der Waals surface area contributed by atoms with Crippen molar-refractivity contribution in [1.82, 2.24) is 9.88 Å². The molecule has 1 amide bonds. The van der Waals surface area contributed by atoms with Gasteiger partial charge in [0.25, 0.3) is 5.91 Å². The number of benzene rings is 2. The number of aliphatic hydroxyl groups is 6. The molecule has 13 heteroatoms. The van der Waals surface area contributed by atoms with Crippen LogP contribution < -0.4 is 4.74 Å². The van der Waals surface area contributed by atoms with Gasteiger partial charge in [-0.15, -0.1) is 11.8 Å². The molecule has 2 saturated carbocycles. The Morgan fingerprint density at radius 2 is 1.78 bits per heavy atom. The lowest BCUT2D eigenvalue weighted by Crippen LogP contribution is -2.53. The number of carbonyl (C=O) groups is 1. The van der Waals surface area contributed by atoms with E-state index in [1.165, 1.54) is 4.90 Å². The van der Waals surface area contributed by atoms with E-state index in [0.717, 1.165) is 64.1 Å². The van der Waals surface area contributed by atoms with E-state index in [1.54, 1.807) is 11.8 Å². The average Bonchev–Trinajstić information content (AvgIpc) is 4.10. The van der Waals surface area contributed by atoms with Crippen molar-refractivity contribution in [3.63, 3.8) is 0 Å². The summed E-state index contributed by atoms with van der Waals surface area (Å²) in [6.07, 6.45) is 0.876. The van der Waals surface area contributed by atoms with Crippen molar-refractivity contribution in [1.29, 1.82) is 0 Å². The van der Waals surface area contributed by atoms with E-state index in [2.05, 4.69) is 30.1 Å². The molecule has 278 valence electrons. The highest BCUT2D eigenvalue weighted by atomic mass is 32.2. The standard InChI is InChI=1S/C38H50N2O10S/c1-25-7-10-28(51-20-4-15-40(16-18-48-19-17-41)37(47)36(46)35(45)34(44)32(43)23-42)21-26(25)24-49-38(12-13-38)31-22-39-14-11-29(31)30-5-2-3-6-33(30)50-27-8-9-27/h2-3,5-7,10-11,14,21-22,27,32,34-36,41-46H,4,8-9,12-13,15-20,23-24H2,1H3. The molecule has 1 aromatic heterocycles. The molecule has 4 atom stereocenters. The number of thioether (sulfide) groups is 1. The number of para-hydroxylation sites is 1. The molecule has 0 bridgehead atoms. The number of hydrogen-bond acceptors (Lipinski definition) is 12. The number of carbonyl (C=O) groups excluding carboxylic acids is 1. The maximum atomic E-state index is 13.1. The Morgan fingerprint density at radius 1 is 1.00 bits per heavy atom. The third-order valence-electron chi connectivity index (χ3n) is 9.24. The number of nitrogens with zero attached hydrogens (tertiary/aromatic N) is 2. The van der Waals surface area contributed by atoms with Gasteiger partial charge in [-0.25, -0.2) is 0 Å². The van der Waals surface area contributed by atoms with Crippen molar-refractivity contribution in [2.75, 3.05) is 45.3 Å². The minimum absolute atomic E-state index is 0.0808. The average molecular weight is 727 g/mol. The third-order valence-corrected chi connectivity index (χ3v) is 10.3. The minimum atomic E-state index is -2.02. The molecule has 1 heterocycles. The first kappa shape index (κ1) is 39.1. The molecule has 12 nitrogen and oxygen atoms in total. The Hall–Kier alpha value is -3.11. The van der Waals surface area contributed by atoms with Crippen LogP contribution in [0.4, 0.5) is 0 Å². The van der Waals surface area contributed by atoms with E-state index >= 15 is 0 Å². The molecule has 0 radical (unpaired) electrons. The van der Waals surface area contributed by atoms with Gasteiger partial charge < -0.3 is 49.7 Å². The van der Waals surface area contributed by atoms with Crippen molar-refractivity contribution >= 4 is 17.7 Å². The summed E-state index contributed by atoms with van der Waals surface area (Å²) in [6, 6.07) is 16.4. The Labute approximate surface area is 303 Å². The molecule has 0 spiro atoms. The molecule has 5 rings (SSSR count). The molecule has 51 heavy (non-hydrogen) atoms. The van der Waals surface area contributed by atoms with Crippen LogP contribution in [0.3, 0.4) is 0 Å². The molecular formula is C38H50N2O10S. The number of pyridine rings is 1. The molecule has 6 N–H and O–H groups in total. The fourth-order valence-electron chi connectivity index (χ4n) is 5.84. The van der Waals surface area contributed by atoms with Crippen molar-refractivity contribution in [3.05, 3.63) is 77.6 Å². The van der Waals surface area contributed by atoms with Crippen molar-refractivity contribution in [3.8, 4) is 16.9 Å². The molecule has 4 unspecified atom stereocenters. The van der Waals surface area contributed by atoms with Crippen molar-refractivity contribution in [2.24, 2.45) is 0 Å². The Bertz CT molecular complexity index is 1570. The number of aryl methyl sites for hydroxylation is 1. The highest BCUT2D eigenvalue weighted by molar-refractivity contribution is 7.99. The molecule has 2 aromatic carbocycles. The quantitative estimate of drug-likeness (QED) is 0.0659. The second-order valence-electron chi connectivity index (χ2n) is 13.1. The molecule has 0 aliphatic heterocycles. The van der Waals surface area contributed by atoms with Crippen molar-refractivity contribution < 1.29 is 49.6 Å². The second-order valence-corrected chi connectivity index (χ2v) is 14.3. The van der Waals surface area contributed by atoms with Crippen LogP contribution in [0.25, 0.3) is 11.1 Å². The smallest absolute Gasteiger partial charge is 0.254 e. The zero-order valence-corrected chi connectivity index (χ0v) is 29.8. The van der Waals surface area contributed by atoms with Crippen LogP contribution in [0.15, 0.2) is 65.8 Å². The lowest BCUT2D eigenvalue weighted by Gasteiger charge is -2.30. The minimum Gasteiger partial charge on any atom is -0.490 e. The van der Waals surface area contributed by atoms with Gasteiger partial charge in [-0.2, -0.15) is 0 Å². The summed E-state index contributed by atoms with van der Waals surface area (Å²) in [5, 5.41) is 58.4. The van der Waals surface area contributed by atoms with E-state index in [4.69, 9.17) is 24.4 Å². The molecule has 0 saturated heterocycles. The number of hydrogen-bond donors (Lipinski definition) is 6. The van der Waals surface area contributed by atoms with Gasteiger partial charge in [-0.1, -0.05) is 24.3 Å². The van der Waals surface area contributed by atoms with E-state index in [-0.39, 0.29) is 39.0 Å². The van der Waals surface area contributed by atoms with Gasteiger partial charge in [-0.3, -0.25) is 9.78 Å². The van der Waals surface area contributed by atoms with Crippen LogP contribution in [-0.2, 0) is 26.5 Å². The summed E-state index contributed by atoms with van der Waals surface area (Å²) in [4.78, 5) is 19.9. The van der Waals surface area contributed by atoms with Gasteiger partial charge in [0.1, 0.15) is 24.1 Å². The zero-order chi connectivity index (χ0) is 36.4. The fourth-order valence-corrected chi connectivity index (χ4v) is 6.74. The number of aliphatic hydroxyl groups excluding tert-OH is 6. The van der Waals surface area contributed by atoms with Crippen LogP contribution in [-0.4, -0.2) is 122 Å². The number of ether oxygens (including phenoxy) is 3. The van der Waals surface area contributed by atoms with E-state index in [1.807, 2.05) is 42.7 Å². The second kappa shape index (κ2) is 18.6. The van der Waals surface area contributed by atoms with E-state index in [9.17, 15) is 25.2 Å². The lowest BCUT2D eigenvalue weighted by atomic mass is 9.96. The molecular weight excluding hydrogens is 676 g/mol. The van der Waals surface area contributed by atoms with Gasteiger partial charge >= 0.3 is 0 Å². The van der Waals surface area contributed by atoms with Crippen LogP contribution in [0.5, 0.6) is 5.75 Å². The largest absolute Gasteiger partial charge is 0.490 e. The summed E-state index contributed by atoms with van der Waals surface area (Å²) >= 11 is 1.62. The van der Waals surface area contributed by atoms with E-state index < -0.39 is 42.5 Å². The summed E-state index contributed by atoms with van der Waals surface area (Å²) in [7, 11) is 0. The van der Waals surface area contributed by atoms with Gasteiger partial charge in [-0.05, 0) is 85.7 Å². The number of rotatable bonds is 22. The van der Waals surface area contributed by atoms with Crippen LogP contribution in [0.2, 0.25) is 0 Å². The Kier molecular flexibility index (Phi) is 14.3. The summed E-state index contributed by atoms with van der Waals surface area (Å²) in [6.45, 7) is 1.94. The number of amides is 1.